The number of hydrogen-bond acceptors (Lipinski definition) is 2. The minimum Gasteiger partial charge on any atom is -0.295 e. The van der Waals surface area contributed by atoms with E-state index in [4.69, 9.17) is 0 Å². The van der Waals surface area contributed by atoms with Crippen LogP contribution >= 0.6 is 11.3 Å². The molecule has 0 bridgehead atoms. The monoisotopic (exact) mass is 166 g/mol. The van der Waals surface area contributed by atoms with E-state index < -0.39 is 0 Å². The molecule has 0 aliphatic rings. The molecule has 0 N–H and O–H groups in total. The van der Waals surface area contributed by atoms with E-state index >= 15 is 0 Å². The van der Waals surface area contributed by atoms with Crippen molar-refractivity contribution in [2.24, 2.45) is 0 Å². The summed E-state index contributed by atoms with van der Waals surface area (Å²) in [7, 11) is 0. The average Bonchev–Trinajstić information content (AvgIpc) is 2.39. The van der Waals surface area contributed by atoms with E-state index in [1.807, 2.05) is 17.5 Å². The first-order chi connectivity index (χ1) is 5.29. The van der Waals surface area contributed by atoms with E-state index in [2.05, 4.69) is 6.07 Å². The molecule has 1 rings (SSSR count). The predicted octanol–water partition coefficient (Wildman–Crippen LogP) is 2.44. The lowest BCUT2D eigenvalue weighted by molar-refractivity contribution is -0.112. The zero-order valence-electron chi connectivity index (χ0n) is 6.41. The van der Waals surface area contributed by atoms with Crippen LogP contribution in [0, 0.1) is 0 Å². The van der Waals surface area contributed by atoms with E-state index in [1.54, 1.807) is 24.3 Å². The third-order valence-corrected chi connectivity index (χ3v) is 2.15. The maximum absolute atomic E-state index is 10.5. The number of rotatable bonds is 3. The number of carbonyl (C=O) groups excluding carboxylic acids is 1. The summed E-state index contributed by atoms with van der Waals surface area (Å²) in [6, 6.07) is 4.08. The molecule has 1 heterocycles. The summed E-state index contributed by atoms with van der Waals surface area (Å²) < 4.78 is 0. The van der Waals surface area contributed by atoms with Crippen molar-refractivity contribution in [2.45, 2.75) is 13.3 Å². The maximum Gasteiger partial charge on any atom is 0.152 e. The van der Waals surface area contributed by atoms with Gasteiger partial charge in [0, 0.05) is 11.3 Å². The van der Waals surface area contributed by atoms with Gasteiger partial charge in [-0.1, -0.05) is 12.1 Å². The van der Waals surface area contributed by atoms with Crippen LogP contribution < -0.4 is 0 Å². The van der Waals surface area contributed by atoms with Crippen LogP contribution in [0.4, 0.5) is 0 Å². The van der Waals surface area contributed by atoms with Gasteiger partial charge in [0.15, 0.2) is 5.78 Å². The molecule has 0 aromatic carbocycles. The molecular weight excluding hydrogens is 156 g/mol. The van der Waals surface area contributed by atoms with Gasteiger partial charge in [-0.15, -0.1) is 11.3 Å². The van der Waals surface area contributed by atoms with Crippen LogP contribution in [0.1, 0.15) is 11.8 Å². The Bertz CT molecular complexity index is 247. The van der Waals surface area contributed by atoms with Crippen molar-refractivity contribution in [3.63, 3.8) is 0 Å². The Hall–Kier alpha value is -0.890. The molecule has 0 spiro atoms. The van der Waals surface area contributed by atoms with Crippen LogP contribution in [-0.2, 0) is 11.2 Å². The smallest absolute Gasteiger partial charge is 0.152 e. The van der Waals surface area contributed by atoms with Crippen molar-refractivity contribution in [2.75, 3.05) is 0 Å². The van der Waals surface area contributed by atoms with E-state index in [1.165, 1.54) is 4.88 Å². The summed E-state index contributed by atoms with van der Waals surface area (Å²) in [5.41, 5.74) is 0. The molecule has 0 saturated heterocycles. The van der Waals surface area contributed by atoms with Crippen molar-refractivity contribution < 1.29 is 4.79 Å². The first-order valence-corrected chi connectivity index (χ1v) is 4.36. The molecule has 1 aromatic heterocycles. The number of thiophene rings is 1. The Balaban J connectivity index is 2.40. The molecule has 11 heavy (non-hydrogen) atoms. The lowest BCUT2D eigenvalue weighted by Gasteiger charge is -1.85. The summed E-state index contributed by atoms with van der Waals surface area (Å²) in [6.45, 7) is 1.56. The molecule has 2 heteroatoms. The van der Waals surface area contributed by atoms with Crippen LogP contribution in [0.15, 0.2) is 29.7 Å². The van der Waals surface area contributed by atoms with E-state index in [-0.39, 0.29) is 5.78 Å². The Morgan fingerprint density at radius 3 is 3.09 bits per heavy atom. The van der Waals surface area contributed by atoms with E-state index in [0.717, 1.165) is 6.42 Å². The minimum absolute atomic E-state index is 0.113. The average molecular weight is 166 g/mol. The van der Waals surface area contributed by atoms with Crippen molar-refractivity contribution in [1.82, 2.24) is 0 Å². The van der Waals surface area contributed by atoms with Crippen LogP contribution in [0.25, 0.3) is 0 Å². The summed E-state index contributed by atoms with van der Waals surface area (Å²) in [5, 5.41) is 2.04. The van der Waals surface area contributed by atoms with Crippen molar-refractivity contribution >= 4 is 17.1 Å². The summed E-state index contributed by atoms with van der Waals surface area (Å²) >= 11 is 1.71. The molecule has 0 atom stereocenters. The first kappa shape index (κ1) is 8.21. The summed E-state index contributed by atoms with van der Waals surface area (Å²) in [6.07, 6.45) is 4.38. The summed E-state index contributed by atoms with van der Waals surface area (Å²) in [5.74, 6) is 0.113. The molecule has 0 unspecified atom stereocenters. The lowest BCUT2D eigenvalue weighted by atomic mass is 10.3. The number of ketones is 1. The van der Waals surface area contributed by atoms with Gasteiger partial charge < -0.3 is 0 Å². The Kier molecular flexibility index (Phi) is 3.05. The predicted molar refractivity (Wildman–Crippen MR) is 47.8 cm³/mol. The quantitative estimate of drug-likeness (QED) is 0.630. The van der Waals surface area contributed by atoms with Crippen LogP contribution in [0.2, 0.25) is 0 Å². The first-order valence-electron chi connectivity index (χ1n) is 3.48. The van der Waals surface area contributed by atoms with Crippen molar-refractivity contribution in [1.29, 1.82) is 0 Å². The molecule has 0 saturated carbocycles. The zero-order chi connectivity index (χ0) is 8.10. The van der Waals surface area contributed by atoms with Crippen molar-refractivity contribution in [3.8, 4) is 0 Å². The van der Waals surface area contributed by atoms with Gasteiger partial charge >= 0.3 is 0 Å². The third kappa shape index (κ3) is 3.14. The Labute approximate surface area is 70.4 Å². The van der Waals surface area contributed by atoms with Crippen LogP contribution in [0.5, 0.6) is 0 Å². The van der Waals surface area contributed by atoms with Gasteiger partial charge in [0.25, 0.3) is 0 Å². The number of allylic oxidation sites excluding steroid dienone is 2. The SMILES string of the molecule is CC(=O)C=CCc1cccs1. The van der Waals surface area contributed by atoms with Crippen LogP contribution in [0.3, 0.4) is 0 Å². The molecular formula is C9H10OS. The van der Waals surface area contributed by atoms with Gasteiger partial charge in [0.05, 0.1) is 0 Å². The molecule has 0 fully saturated rings. The molecule has 0 amide bonds. The Morgan fingerprint density at radius 1 is 1.73 bits per heavy atom. The second kappa shape index (κ2) is 4.09. The van der Waals surface area contributed by atoms with Gasteiger partial charge in [-0.3, -0.25) is 4.79 Å². The Morgan fingerprint density at radius 2 is 2.55 bits per heavy atom. The fourth-order valence-electron chi connectivity index (χ4n) is 0.770. The largest absolute Gasteiger partial charge is 0.295 e. The molecule has 0 aliphatic heterocycles. The highest BCUT2D eigenvalue weighted by atomic mass is 32.1. The molecule has 0 aliphatic carbocycles. The van der Waals surface area contributed by atoms with Gasteiger partial charge in [0.1, 0.15) is 0 Å². The number of hydrogen-bond donors (Lipinski definition) is 0. The van der Waals surface area contributed by atoms with Gasteiger partial charge in [-0.05, 0) is 24.4 Å². The van der Waals surface area contributed by atoms with E-state index in [0.29, 0.717) is 0 Å². The standard InChI is InChI=1S/C9H10OS/c1-8(10)4-2-5-9-6-3-7-11-9/h2-4,6-7H,5H2,1H3. The maximum atomic E-state index is 10.5. The van der Waals surface area contributed by atoms with E-state index in [9.17, 15) is 4.79 Å². The molecule has 0 radical (unpaired) electrons. The topological polar surface area (TPSA) is 17.1 Å². The zero-order valence-corrected chi connectivity index (χ0v) is 7.23. The molecule has 1 aromatic rings. The third-order valence-electron chi connectivity index (χ3n) is 1.25. The van der Waals surface area contributed by atoms with Gasteiger partial charge in [-0.2, -0.15) is 0 Å². The van der Waals surface area contributed by atoms with Crippen molar-refractivity contribution in [3.05, 3.63) is 34.5 Å². The normalized spacial score (nSPS) is 10.6. The highest BCUT2D eigenvalue weighted by Gasteiger charge is 1.88. The molecule has 58 valence electrons. The molecule has 1 nitrogen and oxygen atoms in total. The number of carbonyl (C=O) groups is 1. The lowest BCUT2D eigenvalue weighted by Crippen LogP contribution is -1.80. The minimum atomic E-state index is 0.113. The highest BCUT2D eigenvalue weighted by molar-refractivity contribution is 7.09. The van der Waals surface area contributed by atoms with Crippen LogP contribution in [-0.4, -0.2) is 5.78 Å². The van der Waals surface area contributed by atoms with Gasteiger partial charge in [0.2, 0.25) is 0 Å². The fraction of sp³-hybridized carbons (Fsp3) is 0.222. The van der Waals surface area contributed by atoms with Gasteiger partial charge in [-0.25, -0.2) is 0 Å². The fourth-order valence-corrected chi connectivity index (χ4v) is 1.45. The second-order valence-electron chi connectivity index (χ2n) is 2.30. The summed E-state index contributed by atoms with van der Waals surface area (Å²) in [4.78, 5) is 11.8. The highest BCUT2D eigenvalue weighted by Crippen LogP contribution is 2.09. The second-order valence-corrected chi connectivity index (χ2v) is 3.33.